The summed E-state index contributed by atoms with van der Waals surface area (Å²) in [7, 11) is 0. The van der Waals surface area contributed by atoms with E-state index in [0.29, 0.717) is 5.82 Å². The minimum Gasteiger partial charge on any atom is -0.331 e. The van der Waals surface area contributed by atoms with Gasteiger partial charge in [0.1, 0.15) is 5.82 Å². The van der Waals surface area contributed by atoms with Gasteiger partial charge in [-0.25, -0.2) is 4.79 Å². The molecule has 0 saturated carbocycles. The lowest BCUT2D eigenvalue weighted by Crippen LogP contribution is -2.29. The number of fused-ring (bicyclic) bond motifs is 1. The van der Waals surface area contributed by atoms with E-state index in [9.17, 15) is 18.0 Å². The Morgan fingerprint density at radius 3 is 2.91 bits per heavy atom. The zero-order valence-electron chi connectivity index (χ0n) is 12.0. The van der Waals surface area contributed by atoms with E-state index < -0.39 is 17.8 Å². The molecule has 6 nitrogen and oxygen atoms in total. The van der Waals surface area contributed by atoms with Crippen LogP contribution in [0.4, 0.5) is 23.7 Å². The van der Waals surface area contributed by atoms with Gasteiger partial charge >= 0.3 is 12.2 Å². The summed E-state index contributed by atoms with van der Waals surface area (Å²) < 4.78 is 39.8. The Balaban J connectivity index is 1.59. The minimum atomic E-state index is -4.45. The summed E-state index contributed by atoms with van der Waals surface area (Å²) >= 11 is 0. The van der Waals surface area contributed by atoms with Crippen LogP contribution in [-0.4, -0.2) is 20.8 Å². The predicted octanol–water partition coefficient (Wildman–Crippen LogP) is 2.56. The maximum atomic E-state index is 12.6. The van der Waals surface area contributed by atoms with Crippen LogP contribution in [-0.2, 0) is 25.7 Å². The fourth-order valence-corrected chi connectivity index (χ4v) is 2.45. The molecule has 122 valence electrons. The van der Waals surface area contributed by atoms with E-state index in [0.717, 1.165) is 37.3 Å². The zero-order valence-corrected chi connectivity index (χ0v) is 12.0. The van der Waals surface area contributed by atoms with Crippen LogP contribution in [0.2, 0.25) is 0 Å². The highest BCUT2D eigenvalue weighted by Crippen LogP contribution is 2.30. The summed E-state index contributed by atoms with van der Waals surface area (Å²) in [5.41, 5.74) is -0.741. The Kier molecular flexibility index (Phi) is 3.93. The van der Waals surface area contributed by atoms with Crippen LogP contribution in [0.15, 0.2) is 24.3 Å². The first kappa shape index (κ1) is 15.3. The maximum absolute atomic E-state index is 12.6. The standard InChI is InChI=1S/C14H14F3N5O/c15-14(16,17)9-3-1-4-10(7-9)19-13(23)18-8-12-21-20-11-5-2-6-22(11)12/h1,3-4,7H,2,5-6,8H2,(H2,18,19,23). The zero-order chi connectivity index (χ0) is 16.4. The van der Waals surface area contributed by atoms with Crippen LogP contribution in [0, 0.1) is 0 Å². The van der Waals surface area contributed by atoms with Crippen LogP contribution < -0.4 is 10.6 Å². The van der Waals surface area contributed by atoms with Crippen molar-refractivity contribution in [1.29, 1.82) is 0 Å². The molecule has 0 fully saturated rings. The van der Waals surface area contributed by atoms with Crippen molar-refractivity contribution < 1.29 is 18.0 Å². The second kappa shape index (κ2) is 5.90. The number of aryl methyl sites for hydroxylation is 1. The molecule has 1 aliphatic heterocycles. The smallest absolute Gasteiger partial charge is 0.331 e. The van der Waals surface area contributed by atoms with Crippen LogP contribution >= 0.6 is 0 Å². The Bertz CT molecular complexity index is 725. The summed E-state index contributed by atoms with van der Waals surface area (Å²) in [6.07, 6.45) is -2.59. The molecular formula is C14H14F3N5O. The van der Waals surface area contributed by atoms with Gasteiger partial charge in [0.25, 0.3) is 0 Å². The SMILES string of the molecule is O=C(NCc1nnc2n1CCC2)Nc1cccc(C(F)(F)F)c1. The minimum absolute atomic E-state index is 0.0730. The molecule has 0 saturated heterocycles. The molecule has 0 unspecified atom stereocenters. The number of benzene rings is 1. The molecule has 1 aromatic carbocycles. The molecule has 0 radical (unpaired) electrons. The van der Waals surface area contributed by atoms with Gasteiger partial charge in [-0.2, -0.15) is 13.2 Å². The van der Waals surface area contributed by atoms with E-state index in [4.69, 9.17) is 0 Å². The van der Waals surface area contributed by atoms with Gasteiger partial charge in [0.05, 0.1) is 12.1 Å². The number of rotatable bonds is 3. The van der Waals surface area contributed by atoms with E-state index in [2.05, 4.69) is 20.8 Å². The van der Waals surface area contributed by atoms with Crippen molar-refractivity contribution in [3.63, 3.8) is 0 Å². The van der Waals surface area contributed by atoms with Crippen molar-refractivity contribution in [3.8, 4) is 0 Å². The van der Waals surface area contributed by atoms with E-state index >= 15 is 0 Å². The number of carbonyl (C=O) groups excluding carboxylic acids is 1. The third-order valence-corrected chi connectivity index (χ3v) is 3.54. The maximum Gasteiger partial charge on any atom is 0.416 e. The van der Waals surface area contributed by atoms with Crippen molar-refractivity contribution >= 4 is 11.7 Å². The number of carbonyl (C=O) groups is 1. The second-order valence-electron chi connectivity index (χ2n) is 5.17. The van der Waals surface area contributed by atoms with Crippen molar-refractivity contribution in [2.24, 2.45) is 0 Å². The topological polar surface area (TPSA) is 71.8 Å². The first-order chi connectivity index (χ1) is 10.9. The van der Waals surface area contributed by atoms with Gasteiger partial charge in [-0.3, -0.25) is 0 Å². The highest BCUT2D eigenvalue weighted by atomic mass is 19.4. The van der Waals surface area contributed by atoms with Gasteiger partial charge in [-0.1, -0.05) is 6.07 Å². The summed E-state index contributed by atoms with van der Waals surface area (Å²) in [5, 5.41) is 12.9. The highest BCUT2D eigenvalue weighted by molar-refractivity contribution is 5.89. The number of urea groups is 1. The van der Waals surface area contributed by atoms with Gasteiger partial charge in [0, 0.05) is 18.7 Å². The Morgan fingerprint density at radius 2 is 2.13 bits per heavy atom. The van der Waals surface area contributed by atoms with Gasteiger partial charge in [0.15, 0.2) is 5.82 Å². The van der Waals surface area contributed by atoms with Gasteiger partial charge in [-0.05, 0) is 24.6 Å². The Hall–Kier alpha value is -2.58. The molecular weight excluding hydrogens is 311 g/mol. The average Bonchev–Trinajstić information content (AvgIpc) is 3.08. The number of amides is 2. The van der Waals surface area contributed by atoms with Gasteiger partial charge in [-0.15, -0.1) is 10.2 Å². The Labute approximate surface area is 129 Å². The summed E-state index contributed by atoms with van der Waals surface area (Å²) in [6, 6.07) is 3.87. The molecule has 23 heavy (non-hydrogen) atoms. The second-order valence-corrected chi connectivity index (χ2v) is 5.17. The molecule has 2 aromatic rings. The largest absolute Gasteiger partial charge is 0.416 e. The molecule has 0 atom stereocenters. The van der Waals surface area contributed by atoms with Crippen LogP contribution in [0.3, 0.4) is 0 Å². The number of nitrogens with one attached hydrogen (secondary N) is 2. The number of halogens is 3. The average molecular weight is 325 g/mol. The Morgan fingerprint density at radius 1 is 1.30 bits per heavy atom. The molecule has 2 amide bonds. The van der Waals surface area contributed by atoms with E-state index in [1.165, 1.54) is 12.1 Å². The molecule has 0 spiro atoms. The van der Waals surface area contributed by atoms with Gasteiger partial charge < -0.3 is 15.2 Å². The predicted molar refractivity (Wildman–Crippen MR) is 75.6 cm³/mol. The summed E-state index contributed by atoms with van der Waals surface area (Å²) in [6.45, 7) is 0.979. The third kappa shape index (κ3) is 3.43. The van der Waals surface area contributed by atoms with Crippen molar-refractivity contribution in [2.45, 2.75) is 32.1 Å². The van der Waals surface area contributed by atoms with Crippen molar-refractivity contribution in [1.82, 2.24) is 20.1 Å². The summed E-state index contributed by atoms with van der Waals surface area (Å²) in [5.74, 6) is 1.52. The lowest BCUT2D eigenvalue weighted by Gasteiger charge is -2.10. The van der Waals surface area contributed by atoms with Crippen LogP contribution in [0.5, 0.6) is 0 Å². The van der Waals surface area contributed by atoms with Gasteiger partial charge in [0.2, 0.25) is 0 Å². The number of anilines is 1. The molecule has 2 N–H and O–H groups in total. The number of nitrogens with zero attached hydrogens (tertiary/aromatic N) is 3. The normalized spacial score (nSPS) is 13.7. The molecule has 3 rings (SSSR count). The number of aromatic nitrogens is 3. The first-order valence-corrected chi connectivity index (χ1v) is 7.06. The van der Waals surface area contributed by atoms with Crippen LogP contribution in [0.1, 0.15) is 23.6 Å². The fourth-order valence-electron chi connectivity index (χ4n) is 2.45. The number of hydrogen-bond donors (Lipinski definition) is 2. The van der Waals surface area contributed by atoms with E-state index in [1.807, 2.05) is 4.57 Å². The molecule has 0 aliphatic carbocycles. The van der Waals surface area contributed by atoms with E-state index in [-0.39, 0.29) is 12.2 Å². The van der Waals surface area contributed by atoms with E-state index in [1.54, 1.807) is 0 Å². The highest BCUT2D eigenvalue weighted by Gasteiger charge is 2.30. The van der Waals surface area contributed by atoms with Crippen molar-refractivity contribution in [3.05, 3.63) is 41.5 Å². The van der Waals surface area contributed by atoms with Crippen LogP contribution in [0.25, 0.3) is 0 Å². The quantitative estimate of drug-likeness (QED) is 0.911. The molecule has 1 aromatic heterocycles. The summed E-state index contributed by atoms with van der Waals surface area (Å²) in [4.78, 5) is 11.8. The monoisotopic (exact) mass is 325 g/mol. The fraction of sp³-hybridized carbons (Fsp3) is 0.357. The third-order valence-electron chi connectivity index (χ3n) is 3.54. The lowest BCUT2D eigenvalue weighted by molar-refractivity contribution is -0.137. The lowest BCUT2D eigenvalue weighted by atomic mass is 10.2. The molecule has 1 aliphatic rings. The number of hydrogen-bond acceptors (Lipinski definition) is 3. The molecule has 2 heterocycles. The number of alkyl halides is 3. The molecule has 9 heteroatoms. The molecule has 0 bridgehead atoms. The first-order valence-electron chi connectivity index (χ1n) is 7.06. The van der Waals surface area contributed by atoms with Crippen molar-refractivity contribution in [2.75, 3.05) is 5.32 Å².